The fourth-order valence-corrected chi connectivity index (χ4v) is 0.823. The van der Waals surface area contributed by atoms with Gasteiger partial charge in [-0.2, -0.15) is 5.26 Å². The summed E-state index contributed by atoms with van der Waals surface area (Å²) in [5, 5.41) is 8.48. The zero-order chi connectivity index (χ0) is 7.40. The maximum absolute atomic E-state index is 8.48. The summed E-state index contributed by atoms with van der Waals surface area (Å²) in [5.41, 5.74) is 0.801. The second kappa shape index (κ2) is 3.37. The normalized spacial score (nSPS) is 11.9. The molecule has 0 N–H and O–H groups in total. The molecule has 0 amide bonds. The Labute approximate surface area is 67.9 Å². The van der Waals surface area contributed by atoms with Crippen LogP contribution in [0.25, 0.3) is 0 Å². The van der Waals surface area contributed by atoms with E-state index in [1.807, 2.05) is 18.2 Å². The summed E-state index contributed by atoms with van der Waals surface area (Å²) >= 11 is 2.42. The third-order valence-corrected chi connectivity index (χ3v) is 1.64. The summed E-state index contributed by atoms with van der Waals surface area (Å²) in [7, 11) is 0. The molecule has 0 bridgehead atoms. The van der Waals surface area contributed by atoms with Gasteiger partial charge in [0, 0.05) is 16.7 Å². The van der Waals surface area contributed by atoms with E-state index in [1.54, 1.807) is 6.20 Å². The molecule has 3 heteroatoms. The highest BCUT2D eigenvalue weighted by Crippen LogP contribution is 2.04. The van der Waals surface area contributed by atoms with E-state index in [2.05, 4.69) is 27.3 Å². The van der Waals surface area contributed by atoms with Crippen molar-refractivity contribution in [2.75, 3.05) is 0 Å². The predicted molar refractivity (Wildman–Crippen MR) is 38.3 cm³/mol. The molecule has 0 aliphatic carbocycles. The van der Waals surface area contributed by atoms with Crippen molar-refractivity contribution in [2.24, 2.45) is 0 Å². The summed E-state index contributed by atoms with van der Waals surface area (Å²) in [6, 6.07) is 7.62. The van der Waals surface area contributed by atoms with E-state index >= 15 is 0 Å². The number of aromatic nitrogens is 1. The van der Waals surface area contributed by atoms with Gasteiger partial charge in [0.25, 0.3) is 0 Å². The molecule has 1 aromatic heterocycles. The number of nitrogens with zero attached hydrogens (tertiary/aromatic N) is 2. The first kappa shape index (κ1) is 7.28. The smallest absolute Gasteiger partial charge is 0.159 e. The van der Waals surface area contributed by atoms with Crippen LogP contribution in [0.5, 0.6) is 0 Å². The topological polar surface area (TPSA) is 36.7 Å². The van der Waals surface area contributed by atoms with E-state index < -0.39 is 0 Å². The Kier molecular flexibility index (Phi) is 2.45. The van der Waals surface area contributed by atoms with E-state index in [9.17, 15) is 0 Å². The molecule has 0 aliphatic rings. The largest absolute Gasteiger partial charge is 0.261 e. The molecule has 0 saturated heterocycles. The molecule has 1 aromatic rings. The van der Waals surface area contributed by atoms with Crippen LogP contribution in [-0.2, 0) is 0 Å². The van der Waals surface area contributed by atoms with Gasteiger partial charge in [-0.15, -0.1) is 0 Å². The molecule has 0 spiro atoms. The summed E-state index contributed by atoms with van der Waals surface area (Å²) in [4.78, 5) is 4.01. The minimum absolute atomic E-state index is 0.179. The standard InChI is InChI=1S/C7H5N2.Al/c8-5-4-7-3-1-2-6-9-7;/h1-4,6H;. The van der Waals surface area contributed by atoms with Crippen molar-refractivity contribution in [3.05, 3.63) is 30.1 Å². The van der Waals surface area contributed by atoms with Crippen LogP contribution >= 0.6 is 0 Å². The molecule has 0 aliphatic heterocycles. The lowest BCUT2D eigenvalue weighted by Crippen LogP contribution is -1.96. The molecular formula is C7H5AlN2. The average Bonchev–Trinajstić information content (AvgIpc) is 2.05. The van der Waals surface area contributed by atoms with E-state index in [0.717, 1.165) is 5.69 Å². The van der Waals surface area contributed by atoms with Crippen molar-refractivity contribution in [3.63, 3.8) is 0 Å². The Morgan fingerprint density at radius 2 is 2.40 bits per heavy atom. The molecular weight excluding hydrogens is 139 g/mol. The molecule has 1 unspecified atom stereocenters. The minimum Gasteiger partial charge on any atom is -0.261 e. The maximum atomic E-state index is 8.48. The highest BCUT2D eigenvalue weighted by atomic mass is 27.0. The molecule has 0 saturated carbocycles. The van der Waals surface area contributed by atoms with E-state index in [4.69, 9.17) is 5.26 Å². The lowest BCUT2D eigenvalue weighted by molar-refractivity contribution is 1.08. The van der Waals surface area contributed by atoms with Gasteiger partial charge >= 0.3 is 0 Å². The number of hydrogen-bond acceptors (Lipinski definition) is 2. The second-order valence-corrected chi connectivity index (χ2v) is 2.53. The van der Waals surface area contributed by atoms with Crippen LogP contribution in [0.3, 0.4) is 0 Å². The third-order valence-electron chi connectivity index (χ3n) is 1.15. The monoisotopic (exact) mass is 144 g/mol. The highest BCUT2D eigenvalue weighted by Gasteiger charge is 2.00. The van der Waals surface area contributed by atoms with Crippen molar-refractivity contribution >= 4 is 16.3 Å². The van der Waals surface area contributed by atoms with Crippen LogP contribution in [-0.4, -0.2) is 21.3 Å². The van der Waals surface area contributed by atoms with Crippen molar-refractivity contribution in [1.82, 2.24) is 4.98 Å². The van der Waals surface area contributed by atoms with Crippen LogP contribution in [0.4, 0.5) is 0 Å². The molecule has 1 heterocycles. The molecule has 2 radical (unpaired) electrons. The lowest BCUT2D eigenvalue weighted by atomic mass is 10.3. The van der Waals surface area contributed by atoms with Gasteiger partial charge in [0.05, 0.1) is 6.07 Å². The van der Waals surface area contributed by atoms with Crippen LogP contribution in [0.1, 0.15) is 10.5 Å². The Morgan fingerprint density at radius 1 is 1.60 bits per heavy atom. The number of nitriles is 1. The summed E-state index contributed by atoms with van der Waals surface area (Å²) < 4.78 is -0.179. The van der Waals surface area contributed by atoms with E-state index in [-0.39, 0.29) is 4.78 Å². The molecule has 2 nitrogen and oxygen atoms in total. The van der Waals surface area contributed by atoms with Crippen LogP contribution < -0.4 is 0 Å². The Bertz CT molecular complexity index is 240. The summed E-state index contributed by atoms with van der Waals surface area (Å²) in [6.45, 7) is 0. The molecule has 0 fully saturated rings. The van der Waals surface area contributed by atoms with Gasteiger partial charge in [0.1, 0.15) is 0 Å². The maximum Gasteiger partial charge on any atom is 0.159 e. The third kappa shape index (κ3) is 1.57. The van der Waals surface area contributed by atoms with Gasteiger partial charge in [-0.25, -0.2) is 0 Å². The van der Waals surface area contributed by atoms with E-state index in [0.29, 0.717) is 0 Å². The van der Waals surface area contributed by atoms with Crippen molar-refractivity contribution in [1.29, 1.82) is 5.26 Å². The SMILES string of the molecule is N#C[CH]([Al])c1ccccn1. The van der Waals surface area contributed by atoms with Gasteiger partial charge in [-0.3, -0.25) is 4.98 Å². The molecule has 1 atom stereocenters. The van der Waals surface area contributed by atoms with Gasteiger partial charge in [-0.1, -0.05) is 6.07 Å². The Morgan fingerprint density at radius 3 is 2.90 bits per heavy atom. The number of pyridine rings is 1. The fourth-order valence-electron chi connectivity index (χ4n) is 0.626. The van der Waals surface area contributed by atoms with Crippen LogP contribution in [0, 0.1) is 11.3 Å². The zero-order valence-corrected chi connectivity index (χ0v) is 6.51. The van der Waals surface area contributed by atoms with Gasteiger partial charge in [-0.05, 0) is 12.1 Å². The summed E-state index contributed by atoms with van der Waals surface area (Å²) in [5.74, 6) is 0. The molecule has 46 valence electrons. The first-order valence-corrected chi connectivity index (χ1v) is 3.57. The Hall–Kier alpha value is -0.828. The Balaban J connectivity index is 2.88. The van der Waals surface area contributed by atoms with Crippen molar-refractivity contribution in [2.45, 2.75) is 4.78 Å². The van der Waals surface area contributed by atoms with Crippen LogP contribution in [0.2, 0.25) is 0 Å². The number of hydrogen-bond donors (Lipinski definition) is 0. The van der Waals surface area contributed by atoms with Crippen molar-refractivity contribution in [3.8, 4) is 6.07 Å². The van der Waals surface area contributed by atoms with Gasteiger partial charge < -0.3 is 0 Å². The minimum atomic E-state index is -0.179. The summed E-state index contributed by atoms with van der Waals surface area (Å²) in [6.07, 6.45) is 1.68. The highest BCUT2D eigenvalue weighted by molar-refractivity contribution is 6.14. The quantitative estimate of drug-likeness (QED) is 0.547. The fraction of sp³-hybridized carbons (Fsp3) is 0.143. The second-order valence-electron chi connectivity index (χ2n) is 1.86. The number of rotatable bonds is 1. The predicted octanol–water partition coefficient (Wildman–Crippen LogP) is 0.815. The molecule has 1 rings (SSSR count). The molecule has 10 heavy (non-hydrogen) atoms. The van der Waals surface area contributed by atoms with Crippen LogP contribution in [0.15, 0.2) is 24.4 Å². The van der Waals surface area contributed by atoms with Crippen molar-refractivity contribution < 1.29 is 0 Å². The molecule has 0 aromatic carbocycles. The van der Waals surface area contributed by atoms with E-state index in [1.165, 1.54) is 0 Å². The lowest BCUT2D eigenvalue weighted by Gasteiger charge is -1.98. The first-order chi connectivity index (χ1) is 4.84. The van der Waals surface area contributed by atoms with Gasteiger partial charge in [0.15, 0.2) is 16.3 Å². The van der Waals surface area contributed by atoms with Gasteiger partial charge in [0.2, 0.25) is 0 Å². The average molecular weight is 144 g/mol. The zero-order valence-electron chi connectivity index (χ0n) is 5.36. The first-order valence-electron chi connectivity index (χ1n) is 2.90.